The molecule has 0 fully saturated rings. The number of amides is 1. The van der Waals surface area contributed by atoms with Gasteiger partial charge in [-0.1, -0.05) is 0 Å². The third kappa shape index (κ3) is 3.54. The zero-order chi connectivity index (χ0) is 12.8. The molecule has 0 radical (unpaired) electrons. The van der Waals surface area contributed by atoms with E-state index in [4.69, 9.17) is 4.74 Å². The van der Waals surface area contributed by atoms with E-state index < -0.39 is 0 Å². The van der Waals surface area contributed by atoms with Crippen molar-refractivity contribution in [3.8, 4) is 0 Å². The van der Waals surface area contributed by atoms with Crippen molar-refractivity contribution in [1.29, 1.82) is 0 Å². The Labute approximate surface area is 112 Å². The minimum absolute atomic E-state index is 0.0365. The van der Waals surface area contributed by atoms with Gasteiger partial charge in [-0.05, 0) is 36.3 Å². The molecule has 2 N–H and O–H groups in total. The van der Waals surface area contributed by atoms with Gasteiger partial charge in [0, 0.05) is 24.6 Å². The Morgan fingerprint density at radius 2 is 2.50 bits per heavy atom. The Hall–Kier alpha value is -0.910. The summed E-state index contributed by atoms with van der Waals surface area (Å²) in [6.07, 6.45) is 3.51. The molecule has 5 heteroatoms. The molecule has 0 aromatic carbocycles. The van der Waals surface area contributed by atoms with Gasteiger partial charge in [-0.15, -0.1) is 11.3 Å². The molecule has 1 atom stereocenters. The molecule has 1 aliphatic rings. The fraction of sp³-hybridized carbons (Fsp3) is 0.615. The van der Waals surface area contributed by atoms with Crippen LogP contribution in [-0.4, -0.2) is 32.7 Å². The van der Waals surface area contributed by atoms with Crippen molar-refractivity contribution < 1.29 is 9.53 Å². The minimum Gasteiger partial charge on any atom is -0.383 e. The van der Waals surface area contributed by atoms with Gasteiger partial charge < -0.3 is 15.4 Å². The van der Waals surface area contributed by atoms with Crippen molar-refractivity contribution in [1.82, 2.24) is 10.6 Å². The first-order chi connectivity index (χ1) is 8.81. The van der Waals surface area contributed by atoms with Crippen molar-refractivity contribution >= 4 is 17.2 Å². The van der Waals surface area contributed by atoms with Crippen LogP contribution < -0.4 is 10.6 Å². The molecule has 18 heavy (non-hydrogen) atoms. The zero-order valence-electron chi connectivity index (χ0n) is 10.7. The number of aryl methyl sites for hydroxylation is 1. The van der Waals surface area contributed by atoms with Gasteiger partial charge in [0.2, 0.25) is 5.91 Å². The molecule has 1 aromatic heterocycles. The molecule has 0 saturated carbocycles. The predicted octanol–water partition coefficient (Wildman–Crippen LogP) is 1.48. The smallest absolute Gasteiger partial charge is 0.234 e. The fourth-order valence-corrected chi connectivity index (χ4v) is 3.26. The quantitative estimate of drug-likeness (QED) is 0.768. The highest BCUT2D eigenvalue weighted by Gasteiger charge is 2.21. The Balaban J connectivity index is 1.76. The second-order valence-electron chi connectivity index (χ2n) is 4.47. The van der Waals surface area contributed by atoms with E-state index in [0.717, 1.165) is 6.42 Å². The molecular weight excluding hydrogens is 248 g/mol. The Morgan fingerprint density at radius 1 is 1.61 bits per heavy atom. The molecule has 0 aliphatic heterocycles. The van der Waals surface area contributed by atoms with E-state index in [1.165, 1.54) is 23.3 Å². The summed E-state index contributed by atoms with van der Waals surface area (Å²) in [5, 5.41) is 8.30. The van der Waals surface area contributed by atoms with E-state index in [2.05, 4.69) is 22.1 Å². The molecule has 0 spiro atoms. The number of fused-ring (bicyclic) bond motifs is 1. The van der Waals surface area contributed by atoms with Crippen LogP contribution in [0.25, 0.3) is 0 Å². The Morgan fingerprint density at radius 3 is 3.33 bits per heavy atom. The zero-order valence-corrected chi connectivity index (χ0v) is 11.5. The Bertz CT molecular complexity index is 392. The lowest BCUT2D eigenvalue weighted by atomic mass is 9.94. The number of ether oxygens (including phenoxy) is 1. The standard InChI is InChI=1S/C13H20N2O2S/c1-17-7-6-14-13(16)9-15-11-3-2-4-12-10(11)5-8-18-12/h5,8,11,15H,2-4,6-7,9H2,1H3,(H,14,16). The molecular formula is C13H20N2O2S. The number of thiophene rings is 1. The molecule has 1 aliphatic carbocycles. The minimum atomic E-state index is 0.0365. The van der Waals surface area contributed by atoms with Crippen molar-refractivity contribution in [2.45, 2.75) is 25.3 Å². The fourth-order valence-electron chi connectivity index (χ4n) is 2.27. The van der Waals surface area contributed by atoms with Gasteiger partial charge in [-0.3, -0.25) is 4.79 Å². The first-order valence-corrected chi connectivity index (χ1v) is 7.24. The molecule has 1 amide bonds. The van der Waals surface area contributed by atoms with Crippen LogP contribution in [0.4, 0.5) is 0 Å². The number of nitrogens with one attached hydrogen (secondary N) is 2. The normalized spacial score (nSPS) is 18.4. The van der Waals surface area contributed by atoms with E-state index in [9.17, 15) is 4.79 Å². The van der Waals surface area contributed by atoms with Crippen LogP contribution in [0.3, 0.4) is 0 Å². The van der Waals surface area contributed by atoms with Gasteiger partial charge >= 0.3 is 0 Å². The summed E-state index contributed by atoms with van der Waals surface area (Å²) in [5.41, 5.74) is 1.39. The van der Waals surface area contributed by atoms with Crippen LogP contribution in [0.1, 0.15) is 29.3 Å². The SMILES string of the molecule is COCCNC(=O)CNC1CCCc2sccc21. The number of hydrogen-bond donors (Lipinski definition) is 2. The van der Waals surface area contributed by atoms with Crippen LogP contribution in [0.5, 0.6) is 0 Å². The molecule has 0 saturated heterocycles. The molecule has 4 nitrogen and oxygen atoms in total. The predicted molar refractivity (Wildman–Crippen MR) is 72.9 cm³/mol. The van der Waals surface area contributed by atoms with Gasteiger partial charge in [-0.2, -0.15) is 0 Å². The molecule has 2 rings (SSSR count). The lowest BCUT2D eigenvalue weighted by Crippen LogP contribution is -2.37. The summed E-state index contributed by atoms with van der Waals surface area (Å²) in [6.45, 7) is 1.51. The highest BCUT2D eigenvalue weighted by molar-refractivity contribution is 7.10. The average molecular weight is 268 g/mol. The molecule has 1 heterocycles. The van der Waals surface area contributed by atoms with Crippen LogP contribution in [0, 0.1) is 0 Å². The van der Waals surface area contributed by atoms with Gasteiger partial charge in [0.15, 0.2) is 0 Å². The van der Waals surface area contributed by atoms with E-state index >= 15 is 0 Å². The van der Waals surface area contributed by atoms with Crippen molar-refractivity contribution in [3.05, 3.63) is 21.9 Å². The number of hydrogen-bond acceptors (Lipinski definition) is 4. The molecule has 0 bridgehead atoms. The highest BCUT2D eigenvalue weighted by Crippen LogP contribution is 2.32. The van der Waals surface area contributed by atoms with E-state index in [-0.39, 0.29) is 5.91 Å². The monoisotopic (exact) mass is 268 g/mol. The lowest BCUT2D eigenvalue weighted by Gasteiger charge is -2.23. The van der Waals surface area contributed by atoms with Crippen LogP contribution in [0.2, 0.25) is 0 Å². The number of carbonyl (C=O) groups is 1. The summed E-state index contributed by atoms with van der Waals surface area (Å²) in [7, 11) is 1.63. The number of carbonyl (C=O) groups excluding carboxylic acids is 1. The van der Waals surface area contributed by atoms with Gasteiger partial charge in [0.1, 0.15) is 0 Å². The second-order valence-corrected chi connectivity index (χ2v) is 5.47. The van der Waals surface area contributed by atoms with Gasteiger partial charge in [0.05, 0.1) is 13.2 Å². The second kappa shape index (κ2) is 6.87. The van der Waals surface area contributed by atoms with Gasteiger partial charge in [0.25, 0.3) is 0 Å². The topological polar surface area (TPSA) is 50.4 Å². The number of rotatable bonds is 6. The third-order valence-electron chi connectivity index (χ3n) is 3.19. The maximum atomic E-state index is 11.6. The summed E-state index contributed by atoms with van der Waals surface area (Å²) < 4.78 is 4.89. The average Bonchev–Trinajstić information content (AvgIpc) is 2.85. The summed E-state index contributed by atoms with van der Waals surface area (Å²) in [6, 6.07) is 2.52. The first-order valence-electron chi connectivity index (χ1n) is 6.36. The van der Waals surface area contributed by atoms with E-state index in [1.54, 1.807) is 7.11 Å². The molecule has 1 unspecified atom stereocenters. The number of methoxy groups -OCH3 is 1. The third-order valence-corrected chi connectivity index (χ3v) is 4.19. The summed E-state index contributed by atoms with van der Waals surface area (Å²) in [5.74, 6) is 0.0365. The van der Waals surface area contributed by atoms with E-state index in [0.29, 0.717) is 25.7 Å². The van der Waals surface area contributed by atoms with Gasteiger partial charge in [-0.25, -0.2) is 0 Å². The van der Waals surface area contributed by atoms with Crippen molar-refractivity contribution in [2.75, 3.05) is 26.8 Å². The maximum absolute atomic E-state index is 11.6. The Kier molecular flexibility index (Phi) is 5.16. The lowest BCUT2D eigenvalue weighted by molar-refractivity contribution is -0.120. The highest BCUT2D eigenvalue weighted by atomic mass is 32.1. The first kappa shape index (κ1) is 13.5. The van der Waals surface area contributed by atoms with Crippen LogP contribution in [0.15, 0.2) is 11.4 Å². The maximum Gasteiger partial charge on any atom is 0.234 e. The van der Waals surface area contributed by atoms with Crippen molar-refractivity contribution in [3.63, 3.8) is 0 Å². The molecule has 100 valence electrons. The summed E-state index contributed by atoms with van der Waals surface area (Å²) in [4.78, 5) is 13.1. The van der Waals surface area contributed by atoms with Crippen LogP contribution in [-0.2, 0) is 16.0 Å². The molecule has 1 aromatic rings. The largest absolute Gasteiger partial charge is 0.383 e. The summed E-state index contributed by atoms with van der Waals surface area (Å²) >= 11 is 1.82. The van der Waals surface area contributed by atoms with E-state index in [1.807, 2.05) is 11.3 Å². The van der Waals surface area contributed by atoms with Crippen LogP contribution >= 0.6 is 11.3 Å². The van der Waals surface area contributed by atoms with Crippen molar-refractivity contribution in [2.24, 2.45) is 0 Å².